The van der Waals surface area contributed by atoms with E-state index >= 15 is 0 Å². The maximum absolute atomic E-state index is 12.7. The van der Waals surface area contributed by atoms with Gasteiger partial charge in [-0.2, -0.15) is 0 Å². The molecular weight excluding hydrogens is 205 g/mol. The molecule has 0 saturated heterocycles. The molecule has 0 heterocycles. The lowest BCUT2D eigenvalue weighted by Gasteiger charge is -2.16. The number of benzene rings is 1. The van der Waals surface area contributed by atoms with Crippen LogP contribution in [0, 0.1) is 11.7 Å². The van der Waals surface area contributed by atoms with Crippen molar-refractivity contribution < 1.29 is 9.18 Å². The topological polar surface area (TPSA) is 43.1 Å². The maximum atomic E-state index is 12.7. The average molecular weight is 223 g/mol. The number of ketones is 1. The van der Waals surface area contributed by atoms with Gasteiger partial charge in [-0.1, -0.05) is 32.4 Å². The Morgan fingerprint density at radius 2 is 1.94 bits per heavy atom. The zero-order valence-corrected chi connectivity index (χ0v) is 9.74. The Morgan fingerprint density at radius 3 is 2.44 bits per heavy atom. The molecule has 0 fully saturated rings. The van der Waals surface area contributed by atoms with Crippen molar-refractivity contribution >= 4 is 5.78 Å². The van der Waals surface area contributed by atoms with Crippen molar-refractivity contribution in [1.82, 2.24) is 0 Å². The van der Waals surface area contributed by atoms with Gasteiger partial charge >= 0.3 is 0 Å². The molecule has 1 aromatic rings. The van der Waals surface area contributed by atoms with Crippen LogP contribution in [-0.2, 0) is 11.2 Å². The van der Waals surface area contributed by atoms with Crippen LogP contribution < -0.4 is 5.73 Å². The summed E-state index contributed by atoms with van der Waals surface area (Å²) in [7, 11) is 0. The normalized spacial score (nSPS) is 14.5. The zero-order chi connectivity index (χ0) is 12.1. The minimum Gasteiger partial charge on any atom is -0.321 e. The van der Waals surface area contributed by atoms with Crippen molar-refractivity contribution in [3.8, 4) is 0 Å². The van der Waals surface area contributed by atoms with E-state index in [0.717, 1.165) is 12.0 Å². The quantitative estimate of drug-likeness (QED) is 0.832. The largest absolute Gasteiger partial charge is 0.321 e. The van der Waals surface area contributed by atoms with Crippen LogP contribution in [0.3, 0.4) is 0 Å². The van der Waals surface area contributed by atoms with E-state index in [1.165, 1.54) is 12.1 Å². The highest BCUT2D eigenvalue weighted by Crippen LogP contribution is 2.10. The van der Waals surface area contributed by atoms with Gasteiger partial charge in [0, 0.05) is 6.42 Å². The molecule has 0 aliphatic rings. The number of carbonyl (C=O) groups is 1. The first-order valence-corrected chi connectivity index (χ1v) is 5.57. The van der Waals surface area contributed by atoms with E-state index in [2.05, 4.69) is 0 Å². The Hall–Kier alpha value is -1.22. The third-order valence-corrected chi connectivity index (χ3v) is 2.92. The number of Topliss-reactive ketones (excluding diaryl/α,β-unsaturated/α-hetero) is 1. The Kier molecular flexibility index (Phi) is 4.62. The first-order valence-electron chi connectivity index (χ1n) is 5.57. The van der Waals surface area contributed by atoms with Crippen molar-refractivity contribution in [2.75, 3.05) is 0 Å². The highest BCUT2D eigenvalue weighted by molar-refractivity contribution is 5.86. The molecule has 1 rings (SSSR count). The second-order valence-electron chi connectivity index (χ2n) is 4.18. The lowest BCUT2D eigenvalue weighted by atomic mass is 9.93. The molecule has 0 aliphatic heterocycles. The van der Waals surface area contributed by atoms with Gasteiger partial charge in [0.05, 0.1) is 6.04 Å². The highest BCUT2D eigenvalue weighted by atomic mass is 19.1. The molecule has 2 N–H and O–H groups in total. The summed E-state index contributed by atoms with van der Waals surface area (Å²) >= 11 is 0. The summed E-state index contributed by atoms with van der Waals surface area (Å²) in [4.78, 5) is 11.8. The number of nitrogens with two attached hydrogens (primary N) is 1. The lowest BCUT2D eigenvalue weighted by Crippen LogP contribution is -2.37. The molecule has 16 heavy (non-hydrogen) atoms. The fraction of sp³-hybridized carbons (Fsp3) is 0.462. The number of hydrogen-bond donors (Lipinski definition) is 1. The molecule has 0 aromatic heterocycles. The molecular formula is C13H18FNO. The van der Waals surface area contributed by atoms with Gasteiger partial charge in [-0.25, -0.2) is 4.39 Å². The summed E-state index contributed by atoms with van der Waals surface area (Å²) in [6, 6.07) is 5.54. The number of halogens is 1. The van der Waals surface area contributed by atoms with E-state index in [0.29, 0.717) is 0 Å². The molecule has 3 heteroatoms. The Balaban J connectivity index is 2.60. The third-order valence-electron chi connectivity index (χ3n) is 2.92. The van der Waals surface area contributed by atoms with Crippen LogP contribution in [0.5, 0.6) is 0 Å². The summed E-state index contributed by atoms with van der Waals surface area (Å²) in [5, 5.41) is 0. The van der Waals surface area contributed by atoms with Gasteiger partial charge in [0.15, 0.2) is 5.78 Å². The van der Waals surface area contributed by atoms with E-state index in [4.69, 9.17) is 5.73 Å². The average Bonchev–Trinajstić information content (AvgIpc) is 2.30. The first-order chi connectivity index (χ1) is 7.54. The molecule has 2 atom stereocenters. The maximum Gasteiger partial charge on any atom is 0.154 e. The van der Waals surface area contributed by atoms with Gasteiger partial charge in [-0.15, -0.1) is 0 Å². The van der Waals surface area contributed by atoms with E-state index < -0.39 is 6.04 Å². The third kappa shape index (κ3) is 3.42. The molecule has 0 saturated carbocycles. The summed E-state index contributed by atoms with van der Waals surface area (Å²) in [6.07, 6.45) is 1.17. The van der Waals surface area contributed by atoms with E-state index in [-0.39, 0.29) is 23.9 Å². The van der Waals surface area contributed by atoms with Gasteiger partial charge in [0.2, 0.25) is 0 Å². The summed E-state index contributed by atoms with van der Waals surface area (Å²) in [6.45, 7) is 3.98. The lowest BCUT2D eigenvalue weighted by molar-refractivity contribution is -0.120. The van der Waals surface area contributed by atoms with Crippen molar-refractivity contribution in [2.45, 2.75) is 32.7 Å². The SMILES string of the molecule is CCC(C)C(N)C(=O)Cc1ccc(F)cc1. The molecule has 1 aromatic carbocycles. The van der Waals surface area contributed by atoms with Crippen LogP contribution in [0.15, 0.2) is 24.3 Å². The van der Waals surface area contributed by atoms with Gasteiger partial charge < -0.3 is 5.73 Å². The molecule has 0 amide bonds. The van der Waals surface area contributed by atoms with Gasteiger partial charge in [0.1, 0.15) is 5.82 Å². The van der Waals surface area contributed by atoms with Crippen LogP contribution >= 0.6 is 0 Å². The van der Waals surface area contributed by atoms with Gasteiger partial charge in [-0.3, -0.25) is 4.79 Å². The van der Waals surface area contributed by atoms with Crippen LogP contribution in [-0.4, -0.2) is 11.8 Å². The predicted octanol–water partition coefficient (Wildman–Crippen LogP) is 2.31. The molecule has 0 bridgehead atoms. The Labute approximate surface area is 95.7 Å². The van der Waals surface area contributed by atoms with E-state index in [1.54, 1.807) is 12.1 Å². The molecule has 0 spiro atoms. The monoisotopic (exact) mass is 223 g/mol. The zero-order valence-electron chi connectivity index (χ0n) is 9.74. The van der Waals surface area contributed by atoms with Crippen LogP contribution in [0.4, 0.5) is 4.39 Å². The van der Waals surface area contributed by atoms with Crippen molar-refractivity contribution in [3.63, 3.8) is 0 Å². The second kappa shape index (κ2) is 5.75. The summed E-state index contributed by atoms with van der Waals surface area (Å²) in [5.74, 6) is -0.0867. The fourth-order valence-electron chi connectivity index (χ4n) is 1.49. The van der Waals surface area contributed by atoms with Crippen LogP contribution in [0.2, 0.25) is 0 Å². The van der Waals surface area contributed by atoms with Crippen LogP contribution in [0.1, 0.15) is 25.8 Å². The summed E-state index contributed by atoms with van der Waals surface area (Å²) in [5.41, 5.74) is 6.64. The minimum atomic E-state index is -0.421. The molecule has 2 unspecified atom stereocenters. The smallest absolute Gasteiger partial charge is 0.154 e. The summed E-state index contributed by atoms with van der Waals surface area (Å²) < 4.78 is 12.7. The molecule has 88 valence electrons. The molecule has 0 aliphatic carbocycles. The van der Waals surface area contributed by atoms with Crippen molar-refractivity contribution in [2.24, 2.45) is 11.7 Å². The van der Waals surface area contributed by atoms with Crippen LogP contribution in [0.25, 0.3) is 0 Å². The van der Waals surface area contributed by atoms with Gasteiger partial charge in [0.25, 0.3) is 0 Å². The Morgan fingerprint density at radius 1 is 1.38 bits per heavy atom. The predicted molar refractivity (Wildman–Crippen MR) is 62.5 cm³/mol. The van der Waals surface area contributed by atoms with Gasteiger partial charge in [-0.05, 0) is 23.6 Å². The number of carbonyl (C=O) groups excluding carboxylic acids is 1. The highest BCUT2D eigenvalue weighted by Gasteiger charge is 2.19. The first kappa shape index (κ1) is 12.8. The van der Waals surface area contributed by atoms with E-state index in [1.807, 2.05) is 13.8 Å². The van der Waals surface area contributed by atoms with Crippen molar-refractivity contribution in [3.05, 3.63) is 35.6 Å². The Bertz CT molecular complexity index is 347. The number of rotatable bonds is 5. The standard InChI is InChI=1S/C13H18FNO/c1-3-9(2)13(15)12(16)8-10-4-6-11(14)7-5-10/h4-7,9,13H,3,8,15H2,1-2H3. The molecule has 0 radical (unpaired) electrons. The van der Waals surface area contributed by atoms with E-state index in [9.17, 15) is 9.18 Å². The minimum absolute atomic E-state index is 0.0148. The molecule has 2 nitrogen and oxygen atoms in total. The number of hydrogen-bond acceptors (Lipinski definition) is 2. The fourth-order valence-corrected chi connectivity index (χ4v) is 1.49. The van der Waals surface area contributed by atoms with Crippen molar-refractivity contribution in [1.29, 1.82) is 0 Å². The second-order valence-corrected chi connectivity index (χ2v) is 4.18.